The highest BCUT2D eigenvalue weighted by Crippen LogP contribution is 2.48. The highest BCUT2D eigenvalue weighted by molar-refractivity contribution is 7.99. The van der Waals surface area contributed by atoms with Crippen molar-refractivity contribution in [2.45, 2.75) is 42.6 Å². The summed E-state index contributed by atoms with van der Waals surface area (Å²) < 4.78 is 1.02. The van der Waals surface area contributed by atoms with E-state index in [2.05, 4.69) is 88.3 Å². The van der Waals surface area contributed by atoms with E-state index in [9.17, 15) is 0 Å². The van der Waals surface area contributed by atoms with Crippen LogP contribution in [0.3, 0.4) is 0 Å². The summed E-state index contributed by atoms with van der Waals surface area (Å²) in [6.45, 7) is 8.02. The molecule has 0 spiro atoms. The van der Waals surface area contributed by atoms with Gasteiger partial charge in [0.15, 0.2) is 0 Å². The summed E-state index contributed by atoms with van der Waals surface area (Å²) >= 11 is 1.88. The number of likely N-dealkylation sites (N-methyl/N-ethyl adjacent to an activating group) is 1. The van der Waals surface area contributed by atoms with Crippen molar-refractivity contribution in [3.05, 3.63) is 48.5 Å². The quantitative estimate of drug-likeness (QED) is 0.715. The van der Waals surface area contributed by atoms with Crippen molar-refractivity contribution < 1.29 is 21.5 Å². The summed E-state index contributed by atoms with van der Waals surface area (Å²) in [7, 11) is 4.68. The van der Waals surface area contributed by atoms with Gasteiger partial charge in [-0.15, -0.1) is 0 Å². The smallest absolute Gasteiger partial charge is 0.104 e. The first kappa shape index (κ1) is 19.4. The molecule has 0 aliphatic carbocycles. The predicted molar refractivity (Wildman–Crippen MR) is 101 cm³/mol. The second-order valence-corrected chi connectivity index (χ2v) is 8.30. The Hall–Kier alpha value is -0.970. The maximum atomic E-state index is 2.51. The molecule has 2 aromatic rings. The van der Waals surface area contributed by atoms with E-state index in [1.165, 1.54) is 21.2 Å². The number of hydrogen-bond acceptors (Lipinski definition) is 2. The third-order valence-corrected chi connectivity index (χ3v) is 6.58. The van der Waals surface area contributed by atoms with E-state index in [1.54, 1.807) is 0 Å². The van der Waals surface area contributed by atoms with E-state index in [-0.39, 0.29) is 17.0 Å². The second-order valence-electron chi connectivity index (χ2n) is 7.22. The van der Waals surface area contributed by atoms with Crippen LogP contribution >= 0.6 is 11.8 Å². The Morgan fingerprint density at radius 2 is 1.33 bits per heavy atom. The van der Waals surface area contributed by atoms with Gasteiger partial charge in [0, 0.05) is 9.79 Å². The molecule has 0 radical (unpaired) electrons. The summed E-state index contributed by atoms with van der Waals surface area (Å²) in [6.07, 6.45) is 0. The Balaban J connectivity index is 0.00000208. The van der Waals surface area contributed by atoms with Crippen molar-refractivity contribution in [1.82, 2.24) is 0 Å². The minimum Gasteiger partial charge on any atom is -1.00 e. The van der Waals surface area contributed by atoms with Crippen molar-refractivity contribution >= 4 is 23.1 Å². The first-order valence-electron chi connectivity index (χ1n) is 8.38. The minimum absolute atomic E-state index is 0. The van der Waals surface area contributed by atoms with Crippen LogP contribution in [0.4, 0.5) is 11.4 Å². The fourth-order valence-electron chi connectivity index (χ4n) is 2.96. The average molecular weight is 407 g/mol. The van der Waals surface area contributed by atoms with E-state index >= 15 is 0 Å². The molecular weight excluding hydrogens is 380 g/mol. The number of anilines is 2. The fourth-order valence-corrected chi connectivity index (χ4v) is 4.06. The summed E-state index contributed by atoms with van der Waals surface area (Å²) in [5.74, 6) is 0. The molecule has 0 amide bonds. The molecule has 0 saturated carbocycles. The lowest BCUT2D eigenvalue weighted by atomic mass is 10.1. The van der Waals surface area contributed by atoms with Crippen molar-refractivity contribution in [2.24, 2.45) is 0 Å². The first-order valence-corrected chi connectivity index (χ1v) is 9.19. The van der Waals surface area contributed by atoms with Crippen LogP contribution < -0.4 is 21.9 Å². The summed E-state index contributed by atoms with van der Waals surface area (Å²) in [5.41, 5.74) is 2.68. The van der Waals surface area contributed by atoms with Crippen LogP contribution in [-0.2, 0) is 0 Å². The summed E-state index contributed by atoms with van der Waals surface area (Å²) in [6, 6.07) is 18.7. The lowest BCUT2D eigenvalue weighted by molar-refractivity contribution is -0.931. The number of nitrogens with zero attached hydrogens (tertiary/aromatic N) is 2. The van der Waals surface area contributed by atoms with Crippen molar-refractivity contribution in [3.63, 3.8) is 0 Å². The Morgan fingerprint density at radius 3 is 1.79 bits per heavy atom. The van der Waals surface area contributed by atoms with E-state index in [0.29, 0.717) is 12.1 Å². The SMILES string of the molecule is CC(C)[N+](C)(C)C(C)CN1c2ccccc2Sc2ccccc21.[Br-]. The average Bonchev–Trinajstić information content (AvgIpc) is 2.54. The van der Waals surface area contributed by atoms with Crippen molar-refractivity contribution in [2.75, 3.05) is 25.5 Å². The number of benzene rings is 2. The molecule has 0 aromatic heterocycles. The van der Waals surface area contributed by atoms with Crippen LogP contribution in [0.25, 0.3) is 0 Å². The lowest BCUT2D eigenvalue weighted by Crippen LogP contribution is -3.00. The summed E-state index contributed by atoms with van der Waals surface area (Å²) in [4.78, 5) is 5.22. The molecule has 3 rings (SSSR count). The highest BCUT2D eigenvalue weighted by Gasteiger charge is 2.32. The Kier molecular flexibility index (Phi) is 6.05. The molecule has 0 saturated heterocycles. The molecule has 0 fully saturated rings. The zero-order valence-electron chi connectivity index (χ0n) is 15.2. The van der Waals surface area contributed by atoms with Crippen LogP contribution in [0.1, 0.15) is 20.8 Å². The van der Waals surface area contributed by atoms with Crippen LogP contribution in [0.15, 0.2) is 58.3 Å². The van der Waals surface area contributed by atoms with Crippen LogP contribution in [0.5, 0.6) is 0 Å². The second kappa shape index (κ2) is 7.51. The Morgan fingerprint density at radius 1 is 0.875 bits per heavy atom. The van der Waals surface area contributed by atoms with E-state index in [0.717, 1.165) is 11.0 Å². The third-order valence-electron chi connectivity index (χ3n) is 5.45. The molecule has 0 bridgehead atoms. The molecule has 1 aliphatic rings. The molecule has 1 heterocycles. The van der Waals surface area contributed by atoms with Crippen molar-refractivity contribution in [1.29, 1.82) is 0 Å². The van der Waals surface area contributed by atoms with E-state index in [1.807, 2.05) is 11.8 Å². The Labute approximate surface area is 161 Å². The highest BCUT2D eigenvalue weighted by atomic mass is 79.9. The van der Waals surface area contributed by atoms with Crippen molar-refractivity contribution in [3.8, 4) is 0 Å². The third kappa shape index (κ3) is 3.51. The van der Waals surface area contributed by atoms with Gasteiger partial charge >= 0.3 is 0 Å². The molecule has 1 aliphatic heterocycles. The van der Waals surface area contributed by atoms with Gasteiger partial charge in [0.1, 0.15) is 6.04 Å². The van der Waals surface area contributed by atoms with Gasteiger partial charge in [-0.05, 0) is 45.0 Å². The topological polar surface area (TPSA) is 3.24 Å². The first-order chi connectivity index (χ1) is 10.9. The number of para-hydroxylation sites is 2. The minimum atomic E-state index is 0. The molecule has 4 heteroatoms. The lowest BCUT2D eigenvalue weighted by Gasteiger charge is -2.43. The molecule has 1 atom stereocenters. The normalized spacial score (nSPS) is 14.7. The zero-order chi connectivity index (χ0) is 16.6. The fraction of sp³-hybridized carbons (Fsp3) is 0.400. The molecule has 1 unspecified atom stereocenters. The number of hydrogen-bond donors (Lipinski definition) is 0. The van der Waals surface area contributed by atoms with Gasteiger partial charge in [0.05, 0.1) is 38.1 Å². The van der Waals surface area contributed by atoms with Gasteiger partial charge in [0.25, 0.3) is 0 Å². The molecule has 2 aromatic carbocycles. The van der Waals surface area contributed by atoms with Gasteiger partial charge < -0.3 is 26.4 Å². The van der Waals surface area contributed by atoms with Gasteiger partial charge in [-0.2, -0.15) is 0 Å². The zero-order valence-corrected chi connectivity index (χ0v) is 17.6. The predicted octanol–water partition coefficient (Wildman–Crippen LogP) is 2.17. The standard InChI is InChI=1S/C20H27N2S.BrH/c1-15(2)22(4,5)16(3)14-21-17-10-6-8-12-19(17)23-20-13-9-7-11-18(20)21;/h6-13,15-16H,14H2,1-5H3;1H/q+1;/p-1. The molecule has 130 valence electrons. The maximum Gasteiger partial charge on any atom is 0.104 e. The van der Waals surface area contributed by atoms with E-state index < -0.39 is 0 Å². The Bertz CT molecular complexity index is 654. The monoisotopic (exact) mass is 406 g/mol. The molecule has 2 nitrogen and oxygen atoms in total. The largest absolute Gasteiger partial charge is 1.00 e. The molecular formula is C20H27BrN2S. The van der Waals surface area contributed by atoms with Gasteiger partial charge in [-0.25, -0.2) is 0 Å². The maximum absolute atomic E-state index is 2.51. The number of halogens is 1. The van der Waals surface area contributed by atoms with Crippen LogP contribution in [0, 0.1) is 0 Å². The number of rotatable bonds is 4. The molecule has 0 N–H and O–H groups in total. The van der Waals surface area contributed by atoms with Gasteiger partial charge in [-0.1, -0.05) is 36.0 Å². The van der Waals surface area contributed by atoms with Crippen LogP contribution in [0.2, 0.25) is 0 Å². The van der Waals surface area contributed by atoms with Gasteiger partial charge in [0.2, 0.25) is 0 Å². The van der Waals surface area contributed by atoms with Crippen LogP contribution in [-0.4, -0.2) is 37.2 Å². The van der Waals surface area contributed by atoms with E-state index in [4.69, 9.17) is 0 Å². The van der Waals surface area contributed by atoms with Gasteiger partial charge in [-0.3, -0.25) is 0 Å². The molecule has 24 heavy (non-hydrogen) atoms. The summed E-state index contributed by atoms with van der Waals surface area (Å²) in [5, 5.41) is 0. The number of quaternary nitrogens is 1. The number of fused-ring (bicyclic) bond motifs is 2.